The van der Waals surface area contributed by atoms with Gasteiger partial charge in [-0.2, -0.15) is 0 Å². The first-order valence-corrected chi connectivity index (χ1v) is 17.3. The number of hydrogen-bond acceptors (Lipinski definition) is 5. The van der Waals surface area contributed by atoms with E-state index in [-0.39, 0.29) is 46.1 Å². The number of carbonyl (C=O) groups excluding carboxylic acids is 2. The summed E-state index contributed by atoms with van der Waals surface area (Å²) in [6.07, 6.45) is 0.230. The molecule has 2 amide bonds. The van der Waals surface area contributed by atoms with Gasteiger partial charge in [0.25, 0.3) is 10.0 Å². The lowest BCUT2D eigenvalue weighted by atomic mass is 10.0. The topological polar surface area (TPSA) is 96.0 Å². The maximum atomic E-state index is 14.7. The van der Waals surface area contributed by atoms with Gasteiger partial charge in [0.1, 0.15) is 18.3 Å². The number of nitrogens with one attached hydrogen (secondary N) is 1. The molecule has 0 aliphatic rings. The van der Waals surface area contributed by atoms with Crippen molar-refractivity contribution in [3.05, 3.63) is 124 Å². The highest BCUT2D eigenvalue weighted by Gasteiger charge is 2.35. The van der Waals surface area contributed by atoms with Crippen LogP contribution in [0.1, 0.15) is 36.1 Å². The molecule has 0 saturated heterocycles. The van der Waals surface area contributed by atoms with E-state index in [1.54, 1.807) is 24.3 Å². The minimum absolute atomic E-state index is 0.00123. The normalized spacial score (nSPS) is 12.0. The van der Waals surface area contributed by atoms with Crippen molar-refractivity contribution in [2.45, 2.75) is 51.6 Å². The number of sulfonamides is 1. The Balaban J connectivity index is 1.85. The van der Waals surface area contributed by atoms with Crippen molar-refractivity contribution in [2.75, 3.05) is 24.5 Å². The summed E-state index contributed by atoms with van der Waals surface area (Å²) in [6, 6.07) is 27.2. The van der Waals surface area contributed by atoms with E-state index in [2.05, 4.69) is 5.32 Å². The van der Waals surface area contributed by atoms with Gasteiger partial charge in [-0.1, -0.05) is 103 Å². The smallest absolute Gasteiger partial charge is 0.264 e. The molecule has 0 aliphatic heterocycles. The molecule has 0 aromatic heterocycles. The van der Waals surface area contributed by atoms with Crippen molar-refractivity contribution in [2.24, 2.45) is 5.92 Å². The number of hydrogen-bond donors (Lipinski definition) is 1. The van der Waals surface area contributed by atoms with E-state index >= 15 is 0 Å². The molecular weight excluding hydrogens is 634 g/mol. The number of nitrogens with zero attached hydrogens (tertiary/aromatic N) is 2. The molecule has 0 spiro atoms. The van der Waals surface area contributed by atoms with Gasteiger partial charge in [0, 0.05) is 24.5 Å². The van der Waals surface area contributed by atoms with E-state index in [1.165, 1.54) is 30.2 Å². The fourth-order valence-electron chi connectivity index (χ4n) is 5.19. The molecule has 0 aliphatic carbocycles. The lowest BCUT2D eigenvalue weighted by molar-refractivity contribution is -0.140. The van der Waals surface area contributed by atoms with Crippen LogP contribution in [0.2, 0.25) is 5.02 Å². The Labute approximate surface area is 283 Å². The summed E-state index contributed by atoms with van der Waals surface area (Å²) in [6.45, 7) is 7.69. The zero-order valence-corrected chi connectivity index (χ0v) is 29.0. The minimum atomic E-state index is -4.31. The van der Waals surface area contributed by atoms with Gasteiger partial charge in [0.2, 0.25) is 11.8 Å². The number of anilines is 1. The zero-order valence-electron chi connectivity index (χ0n) is 27.4. The Morgan fingerprint density at radius 3 is 2.17 bits per heavy atom. The average molecular weight is 676 g/mol. The molecule has 10 heteroatoms. The van der Waals surface area contributed by atoms with E-state index in [1.807, 2.05) is 82.3 Å². The monoisotopic (exact) mass is 675 g/mol. The van der Waals surface area contributed by atoms with Crippen LogP contribution >= 0.6 is 11.6 Å². The summed E-state index contributed by atoms with van der Waals surface area (Å²) in [4.78, 5) is 30.1. The molecule has 0 radical (unpaired) electrons. The van der Waals surface area contributed by atoms with Crippen molar-refractivity contribution in [1.29, 1.82) is 0 Å². The largest absolute Gasteiger partial charge is 0.495 e. The highest BCUT2D eigenvalue weighted by molar-refractivity contribution is 7.92. The number of methoxy groups -OCH3 is 1. The standard InChI is InChI=1S/C37H42ClN3O5S/c1-26(2)23-39-37(43)34(21-29-11-7-6-8-12-29)40(24-30-13-9-10-28(4)20-30)36(42)25-41(33-22-31(38)16-19-35(33)46-5)47(44,45)32-17-14-27(3)15-18-32/h6-20,22,26,34H,21,23-25H2,1-5H3,(H,39,43). The summed E-state index contributed by atoms with van der Waals surface area (Å²) in [5, 5.41) is 3.27. The van der Waals surface area contributed by atoms with Crippen LogP contribution in [0.5, 0.6) is 5.75 Å². The van der Waals surface area contributed by atoms with Crippen LogP contribution in [0, 0.1) is 19.8 Å². The van der Waals surface area contributed by atoms with Crippen LogP contribution in [0.3, 0.4) is 0 Å². The molecule has 0 heterocycles. The molecule has 4 aromatic carbocycles. The number of rotatable bonds is 14. The van der Waals surface area contributed by atoms with Gasteiger partial charge in [-0.15, -0.1) is 0 Å². The van der Waals surface area contributed by atoms with E-state index in [9.17, 15) is 18.0 Å². The van der Waals surface area contributed by atoms with E-state index in [0.29, 0.717) is 6.54 Å². The molecule has 0 bridgehead atoms. The van der Waals surface area contributed by atoms with Crippen LogP contribution in [0.15, 0.2) is 102 Å². The molecule has 47 heavy (non-hydrogen) atoms. The van der Waals surface area contributed by atoms with Gasteiger partial charge in [0.05, 0.1) is 17.7 Å². The maximum absolute atomic E-state index is 14.7. The van der Waals surface area contributed by atoms with Gasteiger partial charge in [-0.25, -0.2) is 8.42 Å². The van der Waals surface area contributed by atoms with Gasteiger partial charge >= 0.3 is 0 Å². The van der Waals surface area contributed by atoms with Crippen LogP contribution in [-0.2, 0) is 32.6 Å². The molecule has 8 nitrogen and oxygen atoms in total. The fourth-order valence-corrected chi connectivity index (χ4v) is 6.78. The summed E-state index contributed by atoms with van der Waals surface area (Å²) < 4.78 is 35.2. The Morgan fingerprint density at radius 1 is 0.851 bits per heavy atom. The van der Waals surface area contributed by atoms with Crippen molar-refractivity contribution in [1.82, 2.24) is 10.2 Å². The first-order chi connectivity index (χ1) is 22.4. The third-order valence-electron chi connectivity index (χ3n) is 7.69. The third kappa shape index (κ3) is 9.36. The predicted octanol–water partition coefficient (Wildman–Crippen LogP) is 6.57. The molecule has 4 aromatic rings. The minimum Gasteiger partial charge on any atom is -0.495 e. The van der Waals surface area contributed by atoms with Crippen molar-refractivity contribution >= 4 is 39.1 Å². The third-order valence-corrected chi connectivity index (χ3v) is 9.70. The first kappa shape index (κ1) is 35.5. The number of carbonyl (C=O) groups is 2. The molecule has 1 N–H and O–H groups in total. The Bertz CT molecular complexity index is 1780. The fraction of sp³-hybridized carbons (Fsp3) is 0.297. The van der Waals surface area contributed by atoms with Crippen LogP contribution in [0.4, 0.5) is 5.69 Å². The summed E-state index contributed by atoms with van der Waals surface area (Å²) in [5.41, 5.74) is 3.65. The van der Waals surface area contributed by atoms with E-state index in [4.69, 9.17) is 16.3 Å². The second-order valence-electron chi connectivity index (χ2n) is 12.0. The predicted molar refractivity (Wildman–Crippen MR) is 187 cm³/mol. The highest BCUT2D eigenvalue weighted by atomic mass is 35.5. The number of halogens is 1. The number of ether oxygens (including phenoxy) is 1. The Hall–Kier alpha value is -4.34. The number of benzene rings is 4. The second-order valence-corrected chi connectivity index (χ2v) is 14.3. The molecule has 0 saturated carbocycles. The Kier molecular flexibility index (Phi) is 12.1. The summed E-state index contributed by atoms with van der Waals surface area (Å²) >= 11 is 6.37. The molecule has 4 rings (SSSR count). The zero-order chi connectivity index (χ0) is 34.1. The van der Waals surface area contributed by atoms with Crippen LogP contribution < -0.4 is 14.4 Å². The SMILES string of the molecule is COc1ccc(Cl)cc1N(CC(=O)N(Cc1cccc(C)c1)C(Cc1ccccc1)C(=O)NCC(C)C)S(=O)(=O)c1ccc(C)cc1. The second kappa shape index (κ2) is 16.0. The first-order valence-electron chi connectivity index (χ1n) is 15.5. The average Bonchev–Trinajstić information content (AvgIpc) is 3.04. The van der Waals surface area contributed by atoms with Crippen molar-refractivity contribution in [3.8, 4) is 5.75 Å². The molecular formula is C37H42ClN3O5S. The van der Waals surface area contributed by atoms with Gasteiger partial charge in [0.15, 0.2) is 0 Å². The van der Waals surface area contributed by atoms with Gasteiger partial charge in [-0.05, 0) is 61.2 Å². The summed E-state index contributed by atoms with van der Waals surface area (Å²) in [5.74, 6) is -0.483. The number of aryl methyl sites for hydroxylation is 2. The van der Waals surface area contributed by atoms with Crippen LogP contribution in [0.25, 0.3) is 0 Å². The van der Waals surface area contributed by atoms with E-state index in [0.717, 1.165) is 26.6 Å². The maximum Gasteiger partial charge on any atom is 0.264 e. The highest BCUT2D eigenvalue weighted by Crippen LogP contribution is 2.35. The molecule has 1 atom stereocenters. The van der Waals surface area contributed by atoms with Crippen molar-refractivity contribution < 1.29 is 22.7 Å². The molecule has 248 valence electrons. The van der Waals surface area contributed by atoms with Gasteiger partial charge < -0.3 is 15.0 Å². The van der Waals surface area contributed by atoms with E-state index < -0.39 is 28.5 Å². The quantitative estimate of drug-likeness (QED) is 0.163. The van der Waals surface area contributed by atoms with Crippen LogP contribution in [-0.4, -0.2) is 51.4 Å². The Morgan fingerprint density at radius 2 is 1.53 bits per heavy atom. The van der Waals surface area contributed by atoms with Crippen molar-refractivity contribution in [3.63, 3.8) is 0 Å². The number of amides is 2. The van der Waals surface area contributed by atoms with Gasteiger partial charge in [-0.3, -0.25) is 13.9 Å². The molecule has 0 fully saturated rings. The lowest BCUT2D eigenvalue weighted by Crippen LogP contribution is -2.53. The summed E-state index contributed by atoms with van der Waals surface area (Å²) in [7, 11) is -2.89. The lowest BCUT2D eigenvalue weighted by Gasteiger charge is -2.34. The molecule has 1 unspecified atom stereocenters.